The van der Waals surface area contributed by atoms with Crippen LogP contribution in [0.2, 0.25) is 0 Å². The van der Waals surface area contributed by atoms with Crippen LogP contribution in [0.25, 0.3) is 0 Å². The summed E-state index contributed by atoms with van der Waals surface area (Å²) in [5, 5.41) is 7.99. The predicted octanol–water partition coefficient (Wildman–Crippen LogP) is 0.797. The summed E-state index contributed by atoms with van der Waals surface area (Å²) in [4.78, 5) is 0. The summed E-state index contributed by atoms with van der Waals surface area (Å²) in [7, 11) is 0. The third kappa shape index (κ3) is 7.88. The number of rotatable bonds is 6. The van der Waals surface area contributed by atoms with Crippen molar-refractivity contribution in [1.29, 1.82) is 0 Å². The first-order chi connectivity index (χ1) is 4.41. The fourth-order valence-corrected chi connectivity index (χ4v) is 0.484. The van der Waals surface area contributed by atoms with Gasteiger partial charge in [-0.05, 0) is 12.8 Å². The minimum Gasteiger partial charge on any atom is -0.381 e. The SMILES string of the molecule is CCCOCCC[N]O. The summed E-state index contributed by atoms with van der Waals surface area (Å²) in [5.41, 5.74) is 2.95. The monoisotopic (exact) mass is 132 g/mol. The van der Waals surface area contributed by atoms with Crippen LogP contribution < -0.4 is 5.48 Å². The Hall–Kier alpha value is -0.120. The van der Waals surface area contributed by atoms with E-state index in [1.165, 1.54) is 0 Å². The quantitative estimate of drug-likeness (QED) is 0.429. The first kappa shape index (κ1) is 8.88. The van der Waals surface area contributed by atoms with Gasteiger partial charge in [0.15, 0.2) is 0 Å². The molecule has 0 atom stereocenters. The Balaban J connectivity index is 2.60. The summed E-state index contributed by atoms with van der Waals surface area (Å²) in [6.07, 6.45) is 1.87. The van der Waals surface area contributed by atoms with Crippen molar-refractivity contribution in [3.8, 4) is 0 Å². The number of hydroxylamine groups is 1. The van der Waals surface area contributed by atoms with E-state index in [0.29, 0.717) is 13.2 Å². The summed E-state index contributed by atoms with van der Waals surface area (Å²) < 4.78 is 5.11. The van der Waals surface area contributed by atoms with Gasteiger partial charge >= 0.3 is 0 Å². The first-order valence-electron chi connectivity index (χ1n) is 3.30. The molecule has 0 aliphatic carbocycles. The van der Waals surface area contributed by atoms with Gasteiger partial charge in [0.25, 0.3) is 0 Å². The van der Waals surface area contributed by atoms with Crippen LogP contribution in [0.15, 0.2) is 0 Å². The molecule has 0 aromatic carbocycles. The second-order valence-corrected chi connectivity index (χ2v) is 1.83. The molecular weight excluding hydrogens is 118 g/mol. The third-order valence-corrected chi connectivity index (χ3v) is 0.895. The molecule has 9 heavy (non-hydrogen) atoms. The summed E-state index contributed by atoms with van der Waals surface area (Å²) in [6.45, 7) is 4.07. The van der Waals surface area contributed by atoms with Crippen LogP contribution in [0.4, 0.5) is 0 Å². The van der Waals surface area contributed by atoms with E-state index in [2.05, 4.69) is 12.4 Å². The zero-order valence-electron chi connectivity index (χ0n) is 5.84. The highest BCUT2D eigenvalue weighted by atomic mass is 16.5. The van der Waals surface area contributed by atoms with Crippen LogP contribution in [0.3, 0.4) is 0 Å². The fraction of sp³-hybridized carbons (Fsp3) is 1.00. The number of ether oxygens (including phenoxy) is 1. The van der Waals surface area contributed by atoms with E-state index in [1.54, 1.807) is 0 Å². The molecule has 0 amide bonds. The summed E-state index contributed by atoms with van der Waals surface area (Å²) in [5.74, 6) is 0. The largest absolute Gasteiger partial charge is 0.381 e. The molecule has 0 unspecified atom stereocenters. The van der Waals surface area contributed by atoms with Gasteiger partial charge in [0, 0.05) is 19.8 Å². The van der Waals surface area contributed by atoms with Crippen LogP contribution in [0, 0.1) is 0 Å². The molecular formula is C6H14NO2. The first-order valence-corrected chi connectivity index (χ1v) is 3.30. The molecule has 0 fully saturated rings. The maximum atomic E-state index is 7.99. The Morgan fingerprint density at radius 1 is 1.44 bits per heavy atom. The van der Waals surface area contributed by atoms with Crippen molar-refractivity contribution in [1.82, 2.24) is 5.48 Å². The zero-order chi connectivity index (χ0) is 6.95. The molecule has 0 bridgehead atoms. The second-order valence-electron chi connectivity index (χ2n) is 1.83. The van der Waals surface area contributed by atoms with E-state index in [-0.39, 0.29) is 0 Å². The molecule has 0 rings (SSSR count). The predicted molar refractivity (Wildman–Crippen MR) is 34.5 cm³/mol. The molecule has 3 heteroatoms. The smallest absolute Gasteiger partial charge is 0.0479 e. The molecule has 0 heterocycles. The Labute approximate surface area is 56.0 Å². The minimum absolute atomic E-state index is 0.490. The lowest BCUT2D eigenvalue weighted by Crippen LogP contribution is -2.05. The third-order valence-electron chi connectivity index (χ3n) is 0.895. The van der Waals surface area contributed by atoms with Gasteiger partial charge in [-0.3, -0.25) is 5.21 Å². The molecule has 1 radical (unpaired) electrons. The minimum atomic E-state index is 0.490. The highest BCUT2D eigenvalue weighted by Gasteiger charge is 1.85. The van der Waals surface area contributed by atoms with Crippen LogP contribution in [-0.2, 0) is 4.74 Å². The molecule has 55 valence electrons. The average molecular weight is 132 g/mol. The van der Waals surface area contributed by atoms with Crippen molar-refractivity contribution >= 4 is 0 Å². The molecule has 0 aromatic heterocycles. The fourth-order valence-electron chi connectivity index (χ4n) is 0.484. The van der Waals surface area contributed by atoms with Crippen molar-refractivity contribution in [2.45, 2.75) is 19.8 Å². The molecule has 0 saturated heterocycles. The topological polar surface area (TPSA) is 43.6 Å². The standard InChI is InChI=1S/C6H14NO2/c1-2-5-9-6-3-4-7-8/h8H,2-6H2,1H3. The van der Waals surface area contributed by atoms with E-state index in [4.69, 9.17) is 9.94 Å². The van der Waals surface area contributed by atoms with Crippen molar-refractivity contribution in [2.75, 3.05) is 19.8 Å². The number of hydrogen-bond donors (Lipinski definition) is 1. The Kier molecular flexibility index (Phi) is 7.77. The van der Waals surface area contributed by atoms with Gasteiger partial charge in [-0.2, -0.15) is 0 Å². The normalized spacial score (nSPS) is 10.0. The van der Waals surface area contributed by atoms with E-state index in [9.17, 15) is 0 Å². The Morgan fingerprint density at radius 2 is 2.22 bits per heavy atom. The van der Waals surface area contributed by atoms with Gasteiger partial charge in [0.2, 0.25) is 0 Å². The molecule has 3 nitrogen and oxygen atoms in total. The lowest BCUT2D eigenvalue weighted by molar-refractivity contribution is 0.108. The van der Waals surface area contributed by atoms with Crippen LogP contribution in [-0.4, -0.2) is 25.0 Å². The van der Waals surface area contributed by atoms with E-state index in [0.717, 1.165) is 19.4 Å². The Morgan fingerprint density at radius 3 is 2.78 bits per heavy atom. The van der Waals surface area contributed by atoms with Gasteiger partial charge in [-0.1, -0.05) is 6.92 Å². The number of nitrogens with zero attached hydrogens (tertiary/aromatic N) is 1. The van der Waals surface area contributed by atoms with Crippen molar-refractivity contribution in [2.24, 2.45) is 0 Å². The summed E-state index contributed by atoms with van der Waals surface area (Å²) in [6, 6.07) is 0. The van der Waals surface area contributed by atoms with Crippen LogP contribution in [0.1, 0.15) is 19.8 Å². The molecule has 0 saturated carbocycles. The average Bonchev–Trinajstić information content (AvgIpc) is 1.89. The van der Waals surface area contributed by atoms with Crippen molar-refractivity contribution < 1.29 is 9.94 Å². The number of hydrogen-bond acceptors (Lipinski definition) is 2. The molecule has 0 aliphatic rings. The highest BCUT2D eigenvalue weighted by Crippen LogP contribution is 1.83. The van der Waals surface area contributed by atoms with Gasteiger partial charge < -0.3 is 4.74 Å². The van der Waals surface area contributed by atoms with Gasteiger partial charge in [0.05, 0.1) is 0 Å². The van der Waals surface area contributed by atoms with Gasteiger partial charge in [0.1, 0.15) is 0 Å². The highest BCUT2D eigenvalue weighted by molar-refractivity contribution is 4.35. The van der Waals surface area contributed by atoms with E-state index < -0.39 is 0 Å². The van der Waals surface area contributed by atoms with E-state index in [1.807, 2.05) is 0 Å². The molecule has 0 spiro atoms. The van der Waals surface area contributed by atoms with Crippen molar-refractivity contribution in [3.05, 3.63) is 0 Å². The lowest BCUT2D eigenvalue weighted by atomic mass is 10.4. The van der Waals surface area contributed by atoms with Crippen LogP contribution >= 0.6 is 0 Å². The Bertz CT molecular complexity index is 44.3. The van der Waals surface area contributed by atoms with Gasteiger partial charge in [-0.15, -0.1) is 5.48 Å². The van der Waals surface area contributed by atoms with Gasteiger partial charge in [-0.25, -0.2) is 0 Å². The second kappa shape index (κ2) is 7.88. The maximum absolute atomic E-state index is 7.99. The molecule has 1 N–H and O–H groups in total. The van der Waals surface area contributed by atoms with Crippen LogP contribution in [0.5, 0.6) is 0 Å². The maximum Gasteiger partial charge on any atom is 0.0479 e. The lowest BCUT2D eigenvalue weighted by Gasteiger charge is -1.98. The molecule has 0 aliphatic heterocycles. The van der Waals surface area contributed by atoms with Crippen molar-refractivity contribution in [3.63, 3.8) is 0 Å². The van der Waals surface area contributed by atoms with E-state index >= 15 is 0 Å². The zero-order valence-corrected chi connectivity index (χ0v) is 5.84. The summed E-state index contributed by atoms with van der Waals surface area (Å²) >= 11 is 0. The molecule has 0 aromatic rings.